The average Bonchev–Trinajstić information content (AvgIpc) is 3.05. The normalized spacial score (nSPS) is 19.9. The monoisotopic (exact) mass is 357 g/mol. The summed E-state index contributed by atoms with van der Waals surface area (Å²) in [4.78, 5) is 3.48. The molecule has 0 amide bonds. The summed E-state index contributed by atoms with van der Waals surface area (Å²) < 4.78 is 40.4. The molecule has 2 N–H and O–H groups in total. The lowest BCUT2D eigenvalue weighted by atomic mass is 10.0. The Balaban J connectivity index is 1.60. The van der Waals surface area contributed by atoms with E-state index in [1.807, 2.05) is 18.3 Å². The van der Waals surface area contributed by atoms with Crippen molar-refractivity contribution in [2.45, 2.75) is 17.5 Å². The fourth-order valence-corrected chi connectivity index (χ4v) is 5.44. The van der Waals surface area contributed by atoms with Gasteiger partial charge in [-0.1, -0.05) is 6.07 Å². The van der Waals surface area contributed by atoms with Crippen molar-refractivity contribution in [3.8, 4) is 11.1 Å². The zero-order valence-electron chi connectivity index (χ0n) is 13.3. The van der Waals surface area contributed by atoms with Crippen molar-refractivity contribution in [2.75, 3.05) is 13.1 Å². The lowest BCUT2D eigenvalue weighted by molar-refractivity contribution is 0.244. The van der Waals surface area contributed by atoms with Gasteiger partial charge in [-0.3, -0.25) is 0 Å². The number of H-pyrrole nitrogens is 1. The molecule has 3 aromatic rings. The Hall–Kier alpha value is -2.22. The lowest BCUT2D eigenvalue weighted by Crippen LogP contribution is -2.56. The van der Waals surface area contributed by atoms with E-state index >= 15 is 0 Å². The Kier molecular flexibility index (Phi) is 3.10. The van der Waals surface area contributed by atoms with Crippen LogP contribution < -0.4 is 5.32 Å². The minimum atomic E-state index is -3.40. The molecule has 128 valence electrons. The van der Waals surface area contributed by atoms with Gasteiger partial charge in [0.2, 0.25) is 10.0 Å². The minimum Gasteiger partial charge on any atom is -0.360 e. The van der Waals surface area contributed by atoms with Crippen molar-refractivity contribution in [1.82, 2.24) is 14.6 Å². The summed E-state index contributed by atoms with van der Waals surface area (Å²) in [5, 5.41) is 4.04. The van der Waals surface area contributed by atoms with Gasteiger partial charge in [0.1, 0.15) is 5.82 Å². The zero-order chi connectivity index (χ0) is 17.2. The van der Waals surface area contributed by atoms with Crippen LogP contribution in [0.1, 0.15) is 5.56 Å². The molecule has 0 unspecified atom stereocenters. The number of sulfonamides is 1. The molecular weight excluding hydrogens is 341 g/mol. The molecule has 0 bridgehead atoms. The Bertz CT molecular complexity index is 1100. The molecule has 1 aromatic heterocycles. The Morgan fingerprint density at radius 2 is 1.96 bits per heavy atom. The third-order valence-electron chi connectivity index (χ3n) is 5.10. The van der Waals surface area contributed by atoms with E-state index in [1.54, 1.807) is 16.4 Å². The first-order valence-electron chi connectivity index (χ1n) is 8.16. The molecule has 0 saturated carbocycles. The fourth-order valence-electron chi connectivity index (χ4n) is 3.64. The molecule has 0 aliphatic carbocycles. The van der Waals surface area contributed by atoms with Crippen molar-refractivity contribution >= 4 is 20.9 Å². The zero-order valence-corrected chi connectivity index (χ0v) is 14.1. The molecule has 0 atom stereocenters. The Labute approximate surface area is 144 Å². The summed E-state index contributed by atoms with van der Waals surface area (Å²) in [5.41, 5.74) is 3.42. The van der Waals surface area contributed by atoms with Crippen molar-refractivity contribution in [3.63, 3.8) is 0 Å². The summed E-state index contributed by atoms with van der Waals surface area (Å²) >= 11 is 0. The molecule has 5 rings (SSSR count). The summed E-state index contributed by atoms with van der Waals surface area (Å²) in [5.74, 6) is -0.286. The molecule has 5 nitrogen and oxygen atoms in total. The third kappa shape index (κ3) is 2.16. The number of hydrogen-bond acceptors (Lipinski definition) is 3. The van der Waals surface area contributed by atoms with Gasteiger partial charge in [-0.2, -0.15) is 4.31 Å². The van der Waals surface area contributed by atoms with Crippen LogP contribution in [0.5, 0.6) is 0 Å². The van der Waals surface area contributed by atoms with Gasteiger partial charge in [0, 0.05) is 42.3 Å². The van der Waals surface area contributed by atoms with Crippen LogP contribution in [0.2, 0.25) is 0 Å². The van der Waals surface area contributed by atoms with Crippen LogP contribution in [0.25, 0.3) is 22.0 Å². The van der Waals surface area contributed by atoms with E-state index in [4.69, 9.17) is 0 Å². The van der Waals surface area contributed by atoms with Crippen LogP contribution in [0.4, 0.5) is 4.39 Å². The number of aromatic nitrogens is 1. The van der Waals surface area contributed by atoms with Gasteiger partial charge in [0.05, 0.1) is 10.9 Å². The first-order valence-corrected chi connectivity index (χ1v) is 9.60. The molecule has 1 fully saturated rings. The summed E-state index contributed by atoms with van der Waals surface area (Å²) in [6.45, 7) is 1.82. The molecule has 2 aromatic carbocycles. The number of nitrogens with one attached hydrogen (secondary N) is 2. The molecular formula is C18H16FN3O2S. The van der Waals surface area contributed by atoms with Gasteiger partial charge in [0.15, 0.2) is 0 Å². The smallest absolute Gasteiger partial charge is 0.244 e. The number of nitrogens with zero attached hydrogens (tertiary/aromatic N) is 1. The Morgan fingerprint density at radius 1 is 1.12 bits per heavy atom. The van der Waals surface area contributed by atoms with Crippen molar-refractivity contribution < 1.29 is 12.8 Å². The van der Waals surface area contributed by atoms with Crippen LogP contribution in [0, 0.1) is 5.82 Å². The summed E-state index contributed by atoms with van der Waals surface area (Å²) in [7, 11) is -3.40. The highest BCUT2D eigenvalue weighted by Gasteiger charge is 2.41. The van der Waals surface area contributed by atoms with Gasteiger partial charge < -0.3 is 10.3 Å². The van der Waals surface area contributed by atoms with E-state index in [2.05, 4.69) is 10.3 Å². The van der Waals surface area contributed by atoms with Crippen molar-refractivity contribution in [1.29, 1.82) is 0 Å². The Morgan fingerprint density at radius 3 is 2.72 bits per heavy atom. The molecule has 0 radical (unpaired) electrons. The van der Waals surface area contributed by atoms with Crippen LogP contribution in [0.15, 0.2) is 47.5 Å². The van der Waals surface area contributed by atoms with Crippen LogP contribution >= 0.6 is 0 Å². The number of halogens is 1. The van der Waals surface area contributed by atoms with Crippen molar-refractivity contribution in [2.24, 2.45) is 0 Å². The van der Waals surface area contributed by atoms with Gasteiger partial charge in [-0.05, 0) is 41.5 Å². The van der Waals surface area contributed by atoms with E-state index < -0.39 is 10.0 Å². The van der Waals surface area contributed by atoms with E-state index in [1.165, 1.54) is 12.1 Å². The molecule has 2 aliphatic heterocycles. The fraction of sp³-hybridized carbons (Fsp3) is 0.222. The predicted molar refractivity (Wildman–Crippen MR) is 93.1 cm³/mol. The van der Waals surface area contributed by atoms with Gasteiger partial charge in [-0.15, -0.1) is 0 Å². The molecule has 2 aliphatic rings. The van der Waals surface area contributed by atoms with E-state index in [9.17, 15) is 12.8 Å². The number of benzene rings is 2. The number of hydrogen-bond donors (Lipinski definition) is 2. The minimum absolute atomic E-state index is 0.0388. The first-order chi connectivity index (χ1) is 12.0. The van der Waals surface area contributed by atoms with Crippen LogP contribution in [-0.4, -0.2) is 36.8 Å². The number of aromatic amines is 1. The highest BCUT2D eigenvalue weighted by molar-refractivity contribution is 7.89. The predicted octanol–water partition coefficient (Wildman–Crippen LogP) is 2.45. The maximum absolute atomic E-state index is 13.4. The standard InChI is InChI=1S/C18H16FN3O2S/c19-13-2-3-15-16(9-21-17(15)6-13)11-1-4-18-12(5-11)10-22(25(18,23)24)14-7-20-8-14/h1-6,9,14,20-21H,7-8,10H2. The van der Waals surface area contributed by atoms with Crippen LogP contribution in [-0.2, 0) is 16.6 Å². The maximum atomic E-state index is 13.4. The number of rotatable bonds is 2. The maximum Gasteiger partial charge on any atom is 0.244 e. The topological polar surface area (TPSA) is 65.2 Å². The summed E-state index contributed by atoms with van der Waals surface area (Å²) in [6, 6.07) is 10.1. The van der Waals surface area contributed by atoms with E-state index in [-0.39, 0.29) is 11.9 Å². The van der Waals surface area contributed by atoms with E-state index in [0.29, 0.717) is 24.5 Å². The largest absolute Gasteiger partial charge is 0.360 e. The molecule has 7 heteroatoms. The van der Waals surface area contributed by atoms with Gasteiger partial charge in [0.25, 0.3) is 0 Å². The first kappa shape index (κ1) is 15.1. The second kappa shape index (κ2) is 5.14. The SMILES string of the molecule is O=S1(=O)c2ccc(-c3c[nH]c4cc(F)ccc34)cc2CN1C1CNC1. The quantitative estimate of drug-likeness (QED) is 0.740. The van der Waals surface area contributed by atoms with E-state index in [0.717, 1.165) is 27.6 Å². The highest BCUT2D eigenvalue weighted by atomic mass is 32.2. The second-order valence-electron chi connectivity index (χ2n) is 6.58. The van der Waals surface area contributed by atoms with Crippen molar-refractivity contribution in [3.05, 3.63) is 54.0 Å². The average molecular weight is 357 g/mol. The van der Waals surface area contributed by atoms with Gasteiger partial charge >= 0.3 is 0 Å². The second-order valence-corrected chi connectivity index (χ2v) is 8.44. The summed E-state index contributed by atoms with van der Waals surface area (Å²) in [6.07, 6.45) is 1.84. The van der Waals surface area contributed by atoms with Crippen LogP contribution in [0.3, 0.4) is 0 Å². The molecule has 3 heterocycles. The molecule has 25 heavy (non-hydrogen) atoms. The molecule has 0 spiro atoms. The number of fused-ring (bicyclic) bond motifs is 2. The lowest BCUT2D eigenvalue weighted by Gasteiger charge is -2.34. The van der Waals surface area contributed by atoms with Gasteiger partial charge in [-0.25, -0.2) is 12.8 Å². The third-order valence-corrected chi connectivity index (χ3v) is 7.09. The highest BCUT2D eigenvalue weighted by Crippen LogP contribution is 2.37. The molecule has 1 saturated heterocycles.